The summed E-state index contributed by atoms with van der Waals surface area (Å²) in [5, 5.41) is 10.8. The summed E-state index contributed by atoms with van der Waals surface area (Å²) in [6.07, 6.45) is 3.17. The molecule has 1 aromatic carbocycles. The molecule has 1 aromatic rings. The maximum Gasteiger partial charge on any atom is 0.282 e. The SMILES string of the molecule is C=CCCCN(C)C(=O)c1cc(F)ccc1[N+](=O)[O-]. The molecule has 0 unspecified atom stereocenters. The summed E-state index contributed by atoms with van der Waals surface area (Å²) in [6, 6.07) is 2.86. The van der Waals surface area contributed by atoms with Gasteiger partial charge in [0, 0.05) is 19.7 Å². The Bertz CT molecular complexity index is 503. The molecule has 6 heteroatoms. The van der Waals surface area contributed by atoms with Gasteiger partial charge in [-0.1, -0.05) is 6.08 Å². The van der Waals surface area contributed by atoms with Crippen molar-refractivity contribution in [2.24, 2.45) is 0 Å². The zero-order valence-corrected chi connectivity index (χ0v) is 10.6. The van der Waals surface area contributed by atoms with E-state index < -0.39 is 16.6 Å². The molecule has 5 nitrogen and oxygen atoms in total. The van der Waals surface area contributed by atoms with Gasteiger partial charge in [0.05, 0.1) is 4.92 Å². The van der Waals surface area contributed by atoms with Gasteiger partial charge in [-0.05, 0) is 25.0 Å². The van der Waals surface area contributed by atoms with Crippen LogP contribution in [0, 0.1) is 15.9 Å². The van der Waals surface area contributed by atoms with Gasteiger partial charge in [-0.3, -0.25) is 14.9 Å². The minimum atomic E-state index is -0.690. The van der Waals surface area contributed by atoms with E-state index in [0.29, 0.717) is 13.0 Å². The van der Waals surface area contributed by atoms with Crippen LogP contribution in [0.4, 0.5) is 10.1 Å². The van der Waals surface area contributed by atoms with Crippen LogP contribution in [0.25, 0.3) is 0 Å². The number of carbonyl (C=O) groups excluding carboxylic acids is 1. The maximum absolute atomic E-state index is 13.1. The summed E-state index contributed by atoms with van der Waals surface area (Å²) >= 11 is 0. The van der Waals surface area contributed by atoms with Crippen molar-refractivity contribution in [2.45, 2.75) is 12.8 Å². The second kappa shape index (κ2) is 6.63. The van der Waals surface area contributed by atoms with Gasteiger partial charge in [0.1, 0.15) is 11.4 Å². The van der Waals surface area contributed by atoms with Crippen LogP contribution < -0.4 is 0 Å². The van der Waals surface area contributed by atoms with Gasteiger partial charge in [0.25, 0.3) is 11.6 Å². The van der Waals surface area contributed by atoms with E-state index in [1.165, 1.54) is 11.9 Å². The quantitative estimate of drug-likeness (QED) is 0.344. The van der Waals surface area contributed by atoms with E-state index in [1.807, 2.05) is 0 Å². The van der Waals surface area contributed by atoms with Crippen molar-refractivity contribution in [3.05, 3.63) is 52.3 Å². The lowest BCUT2D eigenvalue weighted by Gasteiger charge is -2.16. The summed E-state index contributed by atoms with van der Waals surface area (Å²) in [6.45, 7) is 4.00. The third-order valence-electron chi connectivity index (χ3n) is 2.63. The summed E-state index contributed by atoms with van der Waals surface area (Å²) < 4.78 is 13.1. The van der Waals surface area contributed by atoms with Crippen molar-refractivity contribution in [3.63, 3.8) is 0 Å². The highest BCUT2D eigenvalue weighted by Crippen LogP contribution is 2.21. The van der Waals surface area contributed by atoms with Gasteiger partial charge >= 0.3 is 0 Å². The lowest BCUT2D eigenvalue weighted by Crippen LogP contribution is -2.28. The Hall–Kier alpha value is -2.24. The Morgan fingerprint density at radius 2 is 2.26 bits per heavy atom. The zero-order valence-electron chi connectivity index (χ0n) is 10.6. The van der Waals surface area contributed by atoms with Crippen LogP contribution in [0.2, 0.25) is 0 Å². The third-order valence-corrected chi connectivity index (χ3v) is 2.63. The van der Waals surface area contributed by atoms with Crippen molar-refractivity contribution in [2.75, 3.05) is 13.6 Å². The van der Waals surface area contributed by atoms with Crippen molar-refractivity contribution >= 4 is 11.6 Å². The highest BCUT2D eigenvalue weighted by molar-refractivity contribution is 5.98. The van der Waals surface area contributed by atoms with Crippen molar-refractivity contribution < 1.29 is 14.1 Å². The third kappa shape index (κ3) is 3.87. The van der Waals surface area contributed by atoms with Crippen LogP contribution in [0.3, 0.4) is 0 Å². The number of unbranched alkanes of at least 4 members (excludes halogenated alkanes) is 1. The first kappa shape index (κ1) is 14.8. The number of nitrogens with zero attached hydrogens (tertiary/aromatic N) is 2. The smallest absolute Gasteiger partial charge is 0.282 e. The average molecular weight is 266 g/mol. The number of nitro groups is 1. The second-order valence-corrected chi connectivity index (χ2v) is 4.08. The molecule has 1 rings (SSSR count). The van der Waals surface area contributed by atoms with E-state index in [4.69, 9.17) is 0 Å². The van der Waals surface area contributed by atoms with Crippen LogP contribution in [0.15, 0.2) is 30.9 Å². The van der Waals surface area contributed by atoms with E-state index in [1.54, 1.807) is 6.08 Å². The number of hydrogen-bond acceptors (Lipinski definition) is 3. The monoisotopic (exact) mass is 266 g/mol. The minimum Gasteiger partial charge on any atom is -0.341 e. The molecular formula is C13H15FN2O3. The highest BCUT2D eigenvalue weighted by atomic mass is 19.1. The molecule has 0 aliphatic rings. The fourth-order valence-corrected chi connectivity index (χ4v) is 1.62. The largest absolute Gasteiger partial charge is 0.341 e. The molecule has 0 N–H and O–H groups in total. The van der Waals surface area contributed by atoms with Gasteiger partial charge in [0.2, 0.25) is 0 Å². The molecule has 0 radical (unpaired) electrons. The van der Waals surface area contributed by atoms with Crippen LogP contribution in [0.5, 0.6) is 0 Å². The van der Waals surface area contributed by atoms with Crippen molar-refractivity contribution in [3.8, 4) is 0 Å². The molecule has 0 aliphatic heterocycles. The molecule has 0 aliphatic carbocycles. The fraction of sp³-hybridized carbons (Fsp3) is 0.308. The minimum absolute atomic E-state index is 0.230. The number of carbonyl (C=O) groups is 1. The second-order valence-electron chi connectivity index (χ2n) is 4.08. The van der Waals surface area contributed by atoms with Crippen molar-refractivity contribution in [1.82, 2.24) is 4.90 Å². The molecule has 102 valence electrons. The molecule has 19 heavy (non-hydrogen) atoms. The summed E-state index contributed by atoms with van der Waals surface area (Å²) in [5.74, 6) is -1.23. The molecule has 0 bridgehead atoms. The van der Waals surface area contributed by atoms with Gasteiger partial charge in [-0.2, -0.15) is 0 Å². The molecule has 1 amide bonds. The van der Waals surface area contributed by atoms with Gasteiger partial charge in [0.15, 0.2) is 0 Å². The van der Waals surface area contributed by atoms with E-state index in [9.17, 15) is 19.3 Å². The Balaban J connectivity index is 2.94. The van der Waals surface area contributed by atoms with E-state index in [-0.39, 0.29) is 11.3 Å². The molecular weight excluding hydrogens is 251 g/mol. The predicted octanol–water partition coefficient (Wildman–Crippen LogP) is 2.77. The first-order valence-electron chi connectivity index (χ1n) is 5.77. The van der Waals surface area contributed by atoms with Crippen molar-refractivity contribution in [1.29, 1.82) is 0 Å². The number of halogens is 1. The van der Waals surface area contributed by atoms with E-state index in [2.05, 4.69) is 6.58 Å². The fourth-order valence-electron chi connectivity index (χ4n) is 1.62. The maximum atomic E-state index is 13.1. The molecule has 0 atom stereocenters. The highest BCUT2D eigenvalue weighted by Gasteiger charge is 2.23. The summed E-state index contributed by atoms with van der Waals surface area (Å²) in [5.41, 5.74) is -0.618. The summed E-state index contributed by atoms with van der Waals surface area (Å²) in [4.78, 5) is 23.5. The number of allylic oxidation sites excluding steroid dienone is 1. The van der Waals surface area contributed by atoms with Gasteiger partial charge < -0.3 is 4.90 Å². The van der Waals surface area contributed by atoms with Crippen LogP contribution in [0.1, 0.15) is 23.2 Å². The number of nitro benzene ring substituents is 1. The number of hydrogen-bond donors (Lipinski definition) is 0. The number of benzene rings is 1. The average Bonchev–Trinajstić information content (AvgIpc) is 2.37. The predicted molar refractivity (Wildman–Crippen MR) is 69.4 cm³/mol. The normalized spacial score (nSPS) is 10.0. The molecule has 0 fully saturated rings. The number of amides is 1. The van der Waals surface area contributed by atoms with Gasteiger partial charge in [-0.15, -0.1) is 6.58 Å². The lowest BCUT2D eigenvalue weighted by molar-refractivity contribution is -0.385. The first-order valence-corrected chi connectivity index (χ1v) is 5.77. The van der Waals surface area contributed by atoms with E-state index in [0.717, 1.165) is 24.6 Å². The van der Waals surface area contributed by atoms with Gasteiger partial charge in [-0.25, -0.2) is 4.39 Å². The Morgan fingerprint density at radius 3 is 2.84 bits per heavy atom. The van der Waals surface area contributed by atoms with Crippen LogP contribution in [-0.2, 0) is 0 Å². The molecule has 0 aromatic heterocycles. The number of rotatable bonds is 6. The van der Waals surface area contributed by atoms with Crippen LogP contribution in [-0.4, -0.2) is 29.3 Å². The Morgan fingerprint density at radius 1 is 1.58 bits per heavy atom. The Labute approximate surface area is 110 Å². The molecule has 0 spiro atoms. The zero-order chi connectivity index (χ0) is 14.4. The lowest BCUT2D eigenvalue weighted by atomic mass is 10.1. The topological polar surface area (TPSA) is 63.5 Å². The molecule has 0 heterocycles. The summed E-state index contributed by atoms with van der Waals surface area (Å²) in [7, 11) is 1.53. The first-order chi connectivity index (χ1) is 8.97. The molecule has 0 saturated carbocycles. The van der Waals surface area contributed by atoms with E-state index >= 15 is 0 Å². The molecule has 0 saturated heterocycles. The Kier molecular flexibility index (Phi) is 5.17. The standard InChI is InChI=1S/C13H15FN2O3/c1-3-4-5-8-15(2)13(17)11-9-10(14)6-7-12(11)16(18)19/h3,6-7,9H,1,4-5,8H2,2H3. The van der Waals surface area contributed by atoms with Crippen LogP contribution >= 0.6 is 0 Å².